The van der Waals surface area contributed by atoms with E-state index >= 15 is 0 Å². The van der Waals surface area contributed by atoms with Crippen LogP contribution in [0.2, 0.25) is 0 Å². The van der Waals surface area contributed by atoms with Crippen LogP contribution in [0.3, 0.4) is 0 Å². The molecular formula is C26H40N2O6S. The van der Waals surface area contributed by atoms with Crippen molar-refractivity contribution >= 4 is 32.0 Å². The minimum absolute atomic E-state index is 0.0612. The van der Waals surface area contributed by atoms with Gasteiger partial charge in [-0.2, -0.15) is 0 Å². The molecule has 0 radical (unpaired) electrons. The third-order valence-electron chi connectivity index (χ3n) is 6.43. The monoisotopic (exact) mass is 508 g/mol. The van der Waals surface area contributed by atoms with Crippen LogP contribution >= 0.6 is 0 Å². The van der Waals surface area contributed by atoms with Crippen LogP contribution < -0.4 is 15.0 Å². The highest BCUT2D eigenvalue weighted by molar-refractivity contribution is 7.91. The average Bonchev–Trinajstić information content (AvgIpc) is 2.85. The first-order valence-corrected chi connectivity index (χ1v) is 14.1. The van der Waals surface area contributed by atoms with Crippen molar-refractivity contribution in [3.05, 3.63) is 28.7 Å². The second-order valence-corrected chi connectivity index (χ2v) is 11.7. The van der Waals surface area contributed by atoms with E-state index in [-0.39, 0.29) is 23.1 Å². The van der Waals surface area contributed by atoms with Gasteiger partial charge in [0, 0.05) is 5.56 Å². The lowest BCUT2D eigenvalue weighted by Crippen LogP contribution is -2.19. The molecule has 1 atom stereocenters. The van der Waals surface area contributed by atoms with Gasteiger partial charge >= 0.3 is 0 Å². The van der Waals surface area contributed by atoms with Crippen LogP contribution in [-0.2, 0) is 9.84 Å². The van der Waals surface area contributed by atoms with E-state index in [0.717, 1.165) is 32.1 Å². The molecule has 0 aromatic heterocycles. The summed E-state index contributed by atoms with van der Waals surface area (Å²) in [5, 5.41) is 12.7. The highest BCUT2D eigenvalue weighted by atomic mass is 32.2. The Morgan fingerprint density at radius 3 is 2.26 bits per heavy atom. The van der Waals surface area contributed by atoms with Gasteiger partial charge < -0.3 is 9.47 Å². The molecule has 1 unspecified atom stereocenters. The van der Waals surface area contributed by atoms with E-state index in [1.165, 1.54) is 32.8 Å². The fourth-order valence-electron chi connectivity index (χ4n) is 4.47. The number of unbranched alkanes of at least 4 members (excludes halogenated alkanes) is 5. The molecule has 2 aromatic carbocycles. The first kappa shape index (κ1) is 28.8. The Morgan fingerprint density at radius 2 is 1.69 bits per heavy atom. The van der Waals surface area contributed by atoms with E-state index in [9.17, 15) is 18.5 Å². The molecule has 0 heterocycles. The summed E-state index contributed by atoms with van der Waals surface area (Å²) in [6, 6.07) is 4.62. The Hall–Kier alpha value is -2.39. The molecule has 2 rings (SSSR count). The number of hydrogen-bond donors (Lipinski definition) is 2. The summed E-state index contributed by atoms with van der Waals surface area (Å²) in [5.41, 5.74) is 2.95. The molecule has 0 bridgehead atoms. The van der Waals surface area contributed by atoms with Crippen LogP contribution in [0.1, 0.15) is 83.0 Å². The maximum atomic E-state index is 13.6. The number of nitrogens with one attached hydrogen (secondary N) is 1. The zero-order chi connectivity index (χ0) is 26.0. The van der Waals surface area contributed by atoms with Crippen LogP contribution in [0.15, 0.2) is 23.4 Å². The molecule has 0 fully saturated rings. The summed E-state index contributed by atoms with van der Waals surface area (Å²) in [5.74, 6) is 0.893. The molecule has 0 aliphatic carbocycles. The number of benzene rings is 2. The standard InChI is InChI=1S/C26H40N2O6S/c1-6-7-8-9-10-11-12-23(35(31,32)16-15-18(2)3)19-17-22(33-4)24-20(27-29)13-14-21(28-30)25(24)26(19)34-5/h13-14,17-18,23,27,29H,6-12,15-16H2,1-5H3. The first-order chi connectivity index (χ1) is 16.7. The first-order valence-electron chi connectivity index (χ1n) is 12.4. The molecule has 0 aliphatic rings. The minimum Gasteiger partial charge on any atom is -0.496 e. The van der Waals surface area contributed by atoms with Crippen LogP contribution in [0.4, 0.5) is 11.4 Å². The molecular weight excluding hydrogens is 468 g/mol. The van der Waals surface area contributed by atoms with E-state index in [4.69, 9.17) is 9.47 Å². The predicted molar refractivity (Wildman–Crippen MR) is 142 cm³/mol. The Labute approximate surface area is 209 Å². The second kappa shape index (κ2) is 13.6. The molecule has 0 aliphatic heterocycles. The number of anilines is 1. The lowest BCUT2D eigenvalue weighted by Gasteiger charge is -2.24. The van der Waals surface area contributed by atoms with Gasteiger partial charge in [0.15, 0.2) is 9.84 Å². The number of nitrogens with zero attached hydrogens (tertiary/aromatic N) is 1. The number of rotatable bonds is 16. The fourth-order valence-corrected chi connectivity index (χ4v) is 6.64. The number of sulfone groups is 1. The summed E-state index contributed by atoms with van der Waals surface area (Å²) in [4.78, 5) is 11.7. The van der Waals surface area contributed by atoms with E-state index in [0.29, 0.717) is 40.6 Å². The molecule has 0 saturated carbocycles. The van der Waals surface area contributed by atoms with Gasteiger partial charge in [-0.15, -0.1) is 4.91 Å². The third kappa shape index (κ3) is 7.07. The van der Waals surface area contributed by atoms with Crippen molar-refractivity contribution in [2.75, 3.05) is 25.5 Å². The molecule has 0 saturated heterocycles. The Kier molecular flexibility index (Phi) is 11.2. The van der Waals surface area contributed by atoms with Gasteiger partial charge in [0.2, 0.25) is 0 Å². The predicted octanol–water partition coefficient (Wildman–Crippen LogP) is 7.31. The number of nitroso groups, excluding NO2 is 1. The highest BCUT2D eigenvalue weighted by Crippen LogP contribution is 2.49. The number of ether oxygens (including phenoxy) is 2. The SMILES string of the molecule is CCCCCCCCC(c1cc(OC)c2c(NO)ccc(N=O)c2c1OC)S(=O)(=O)CCC(C)C. The van der Waals surface area contributed by atoms with Crippen molar-refractivity contribution in [3.63, 3.8) is 0 Å². The maximum Gasteiger partial charge on any atom is 0.157 e. The zero-order valence-electron chi connectivity index (χ0n) is 21.6. The van der Waals surface area contributed by atoms with Crippen LogP contribution in [0.25, 0.3) is 10.8 Å². The van der Waals surface area contributed by atoms with Crippen molar-refractivity contribution in [2.24, 2.45) is 11.1 Å². The van der Waals surface area contributed by atoms with Crippen LogP contribution in [0, 0.1) is 10.8 Å². The van der Waals surface area contributed by atoms with E-state index in [1.54, 1.807) is 6.07 Å². The summed E-state index contributed by atoms with van der Waals surface area (Å²) < 4.78 is 38.6. The highest BCUT2D eigenvalue weighted by Gasteiger charge is 2.32. The Bertz CT molecular complexity index is 1090. The smallest absolute Gasteiger partial charge is 0.157 e. The van der Waals surface area contributed by atoms with Crippen LogP contribution in [-0.4, -0.2) is 33.6 Å². The van der Waals surface area contributed by atoms with Crippen molar-refractivity contribution in [3.8, 4) is 11.5 Å². The van der Waals surface area contributed by atoms with Gasteiger partial charge in [-0.1, -0.05) is 59.3 Å². The summed E-state index contributed by atoms with van der Waals surface area (Å²) >= 11 is 0. The van der Waals surface area contributed by atoms with Crippen molar-refractivity contribution < 1.29 is 23.1 Å². The molecule has 2 aromatic rings. The lowest BCUT2D eigenvalue weighted by molar-refractivity contribution is 0.388. The number of methoxy groups -OCH3 is 2. The summed E-state index contributed by atoms with van der Waals surface area (Å²) in [6.07, 6.45) is 7.24. The van der Waals surface area contributed by atoms with E-state index < -0.39 is 15.1 Å². The Balaban J connectivity index is 2.68. The lowest BCUT2D eigenvalue weighted by atomic mass is 9.96. The largest absolute Gasteiger partial charge is 0.496 e. The quantitative estimate of drug-likeness (QED) is 0.139. The Morgan fingerprint density at radius 1 is 1.00 bits per heavy atom. The fraction of sp³-hybridized carbons (Fsp3) is 0.615. The molecule has 0 spiro atoms. The van der Waals surface area contributed by atoms with Crippen molar-refractivity contribution in [1.29, 1.82) is 0 Å². The molecule has 2 N–H and O–H groups in total. The molecule has 196 valence electrons. The summed E-state index contributed by atoms with van der Waals surface area (Å²) in [7, 11) is -0.632. The second-order valence-electron chi connectivity index (χ2n) is 9.38. The van der Waals surface area contributed by atoms with E-state index in [2.05, 4.69) is 17.6 Å². The normalized spacial score (nSPS) is 12.7. The van der Waals surface area contributed by atoms with E-state index in [1.807, 2.05) is 13.8 Å². The topological polar surface area (TPSA) is 114 Å². The van der Waals surface area contributed by atoms with Gasteiger partial charge in [0.05, 0.1) is 41.7 Å². The summed E-state index contributed by atoms with van der Waals surface area (Å²) in [6.45, 7) is 6.17. The van der Waals surface area contributed by atoms with Gasteiger partial charge in [0.25, 0.3) is 0 Å². The van der Waals surface area contributed by atoms with Gasteiger partial charge in [-0.3, -0.25) is 10.7 Å². The zero-order valence-corrected chi connectivity index (χ0v) is 22.4. The third-order valence-corrected chi connectivity index (χ3v) is 8.59. The van der Waals surface area contributed by atoms with Gasteiger partial charge in [0.1, 0.15) is 17.2 Å². The minimum atomic E-state index is -3.54. The number of fused-ring (bicyclic) bond motifs is 1. The number of hydrogen-bond acceptors (Lipinski definition) is 8. The van der Waals surface area contributed by atoms with Gasteiger partial charge in [-0.25, -0.2) is 8.42 Å². The van der Waals surface area contributed by atoms with Crippen molar-refractivity contribution in [2.45, 2.75) is 77.4 Å². The molecule has 0 amide bonds. The van der Waals surface area contributed by atoms with Crippen molar-refractivity contribution in [1.82, 2.24) is 0 Å². The van der Waals surface area contributed by atoms with Crippen LogP contribution in [0.5, 0.6) is 11.5 Å². The molecule has 8 nitrogen and oxygen atoms in total. The average molecular weight is 509 g/mol. The molecule has 35 heavy (non-hydrogen) atoms. The molecule has 9 heteroatoms. The maximum absolute atomic E-state index is 13.6. The van der Waals surface area contributed by atoms with Gasteiger partial charge in [-0.05, 0) is 42.1 Å².